The number of aromatic nitrogens is 1. The first-order valence-corrected chi connectivity index (χ1v) is 3.94. The van der Waals surface area contributed by atoms with Gasteiger partial charge >= 0.3 is 0 Å². The molecule has 0 amide bonds. The van der Waals surface area contributed by atoms with Gasteiger partial charge < -0.3 is 4.90 Å². The molecule has 1 rings (SSSR count). The van der Waals surface area contributed by atoms with Gasteiger partial charge in [-0.2, -0.15) is 0 Å². The average molecular weight is 162 g/mol. The van der Waals surface area contributed by atoms with Crippen molar-refractivity contribution in [3.63, 3.8) is 0 Å². The highest BCUT2D eigenvalue weighted by Crippen LogP contribution is 2.18. The zero-order chi connectivity index (χ0) is 9.14. The van der Waals surface area contributed by atoms with Crippen LogP contribution >= 0.6 is 0 Å². The van der Waals surface area contributed by atoms with Crippen LogP contribution in [-0.4, -0.2) is 12.0 Å². The molecule has 0 fully saturated rings. The van der Waals surface area contributed by atoms with Gasteiger partial charge in [-0.25, -0.2) is 0 Å². The second kappa shape index (κ2) is 3.39. The molecular formula is C10H14N2. The van der Waals surface area contributed by atoms with Gasteiger partial charge in [0.1, 0.15) is 0 Å². The van der Waals surface area contributed by atoms with E-state index >= 15 is 0 Å². The van der Waals surface area contributed by atoms with Crippen LogP contribution in [0.1, 0.15) is 11.3 Å². The Balaban J connectivity index is 3.12. The maximum atomic E-state index is 4.20. The topological polar surface area (TPSA) is 16.1 Å². The lowest BCUT2D eigenvalue weighted by molar-refractivity contribution is 1.11. The summed E-state index contributed by atoms with van der Waals surface area (Å²) >= 11 is 0. The molecule has 12 heavy (non-hydrogen) atoms. The van der Waals surface area contributed by atoms with E-state index < -0.39 is 0 Å². The van der Waals surface area contributed by atoms with E-state index in [1.165, 1.54) is 5.56 Å². The first-order chi connectivity index (χ1) is 5.65. The van der Waals surface area contributed by atoms with Crippen molar-refractivity contribution in [1.82, 2.24) is 4.98 Å². The summed E-state index contributed by atoms with van der Waals surface area (Å²) in [6, 6.07) is 2.05. The third-order valence-electron chi connectivity index (χ3n) is 1.87. The quantitative estimate of drug-likeness (QED) is 0.663. The molecule has 0 atom stereocenters. The normalized spacial score (nSPS) is 9.58. The van der Waals surface area contributed by atoms with E-state index in [1.807, 2.05) is 32.0 Å². The van der Waals surface area contributed by atoms with Gasteiger partial charge in [0, 0.05) is 24.6 Å². The third kappa shape index (κ3) is 1.64. The van der Waals surface area contributed by atoms with Gasteiger partial charge in [0.25, 0.3) is 0 Å². The summed E-state index contributed by atoms with van der Waals surface area (Å²) in [5.41, 5.74) is 3.37. The van der Waals surface area contributed by atoms with Crippen molar-refractivity contribution in [2.24, 2.45) is 0 Å². The Hall–Kier alpha value is -1.31. The fourth-order valence-electron chi connectivity index (χ4n) is 1.09. The molecule has 0 saturated heterocycles. The Labute approximate surface area is 73.5 Å². The molecule has 1 aromatic heterocycles. The van der Waals surface area contributed by atoms with E-state index in [2.05, 4.69) is 17.6 Å². The van der Waals surface area contributed by atoms with Crippen molar-refractivity contribution in [1.29, 1.82) is 0 Å². The Morgan fingerprint density at radius 2 is 2.17 bits per heavy atom. The Bertz CT molecular complexity index is 292. The molecule has 0 aromatic carbocycles. The first kappa shape index (κ1) is 8.78. The second-order valence-corrected chi connectivity index (χ2v) is 2.91. The highest BCUT2D eigenvalue weighted by Gasteiger charge is 2.01. The van der Waals surface area contributed by atoms with Crippen molar-refractivity contribution in [2.75, 3.05) is 11.9 Å². The fraction of sp³-hybridized carbons (Fsp3) is 0.300. The van der Waals surface area contributed by atoms with Crippen molar-refractivity contribution in [3.05, 3.63) is 36.3 Å². The van der Waals surface area contributed by atoms with Crippen LogP contribution in [-0.2, 0) is 0 Å². The van der Waals surface area contributed by atoms with E-state index in [-0.39, 0.29) is 0 Å². The summed E-state index contributed by atoms with van der Waals surface area (Å²) in [5.74, 6) is 0. The maximum Gasteiger partial charge on any atom is 0.0466 e. The number of rotatable bonds is 2. The highest BCUT2D eigenvalue weighted by atomic mass is 15.1. The van der Waals surface area contributed by atoms with Crippen LogP contribution in [0.2, 0.25) is 0 Å². The number of anilines is 1. The summed E-state index contributed by atoms with van der Waals surface area (Å²) < 4.78 is 0. The van der Waals surface area contributed by atoms with Gasteiger partial charge in [-0.1, -0.05) is 6.58 Å². The van der Waals surface area contributed by atoms with E-state index in [0.29, 0.717) is 0 Å². The second-order valence-electron chi connectivity index (χ2n) is 2.91. The zero-order valence-electron chi connectivity index (χ0n) is 7.83. The van der Waals surface area contributed by atoms with Crippen LogP contribution in [0.3, 0.4) is 0 Å². The van der Waals surface area contributed by atoms with Gasteiger partial charge in [-0.3, -0.25) is 4.98 Å². The molecule has 2 heteroatoms. The Kier molecular flexibility index (Phi) is 2.48. The van der Waals surface area contributed by atoms with Crippen molar-refractivity contribution in [2.45, 2.75) is 13.8 Å². The van der Waals surface area contributed by atoms with E-state index in [4.69, 9.17) is 0 Å². The molecule has 0 unspecified atom stereocenters. The van der Waals surface area contributed by atoms with Crippen molar-refractivity contribution < 1.29 is 0 Å². The average Bonchev–Trinajstić information content (AvgIpc) is 2.08. The minimum absolute atomic E-state index is 1.03. The van der Waals surface area contributed by atoms with E-state index in [9.17, 15) is 0 Å². The van der Waals surface area contributed by atoms with Gasteiger partial charge in [-0.15, -0.1) is 0 Å². The first-order valence-electron chi connectivity index (χ1n) is 3.94. The van der Waals surface area contributed by atoms with Crippen LogP contribution in [0.5, 0.6) is 0 Å². The summed E-state index contributed by atoms with van der Waals surface area (Å²) in [5, 5.41) is 0. The smallest absolute Gasteiger partial charge is 0.0466 e. The molecule has 2 nitrogen and oxygen atoms in total. The van der Waals surface area contributed by atoms with Crippen LogP contribution < -0.4 is 4.90 Å². The summed E-state index contributed by atoms with van der Waals surface area (Å²) in [6.07, 6.45) is 3.67. The van der Waals surface area contributed by atoms with E-state index in [0.717, 1.165) is 11.4 Å². The monoisotopic (exact) mass is 162 g/mol. The molecule has 64 valence electrons. The van der Waals surface area contributed by atoms with Gasteiger partial charge in [0.15, 0.2) is 0 Å². The van der Waals surface area contributed by atoms with Crippen LogP contribution in [0.15, 0.2) is 25.0 Å². The SMILES string of the molecule is C=CN(C)c1cc(C)ncc1C. The highest BCUT2D eigenvalue weighted by molar-refractivity contribution is 5.54. The molecule has 1 heterocycles. The predicted molar refractivity (Wildman–Crippen MR) is 52.3 cm³/mol. The zero-order valence-corrected chi connectivity index (χ0v) is 7.83. The van der Waals surface area contributed by atoms with Gasteiger partial charge in [0.05, 0.1) is 0 Å². The van der Waals surface area contributed by atoms with Crippen molar-refractivity contribution >= 4 is 5.69 Å². The molecule has 0 aliphatic heterocycles. The summed E-state index contributed by atoms with van der Waals surface area (Å²) in [7, 11) is 1.98. The maximum absolute atomic E-state index is 4.20. The molecule has 0 N–H and O–H groups in total. The Morgan fingerprint density at radius 1 is 1.50 bits per heavy atom. The van der Waals surface area contributed by atoms with Crippen LogP contribution in [0.4, 0.5) is 5.69 Å². The standard InChI is InChI=1S/C10H14N2/c1-5-12(4)10-6-9(3)11-7-8(10)2/h5-7H,1H2,2-4H3. The lowest BCUT2D eigenvalue weighted by Gasteiger charge is -2.16. The number of nitrogens with zero attached hydrogens (tertiary/aromatic N) is 2. The lowest BCUT2D eigenvalue weighted by atomic mass is 10.2. The molecule has 0 saturated carbocycles. The molecule has 0 bridgehead atoms. The van der Waals surface area contributed by atoms with Gasteiger partial charge in [0.2, 0.25) is 0 Å². The molecule has 0 radical (unpaired) electrons. The fourth-order valence-corrected chi connectivity index (χ4v) is 1.09. The molecular weight excluding hydrogens is 148 g/mol. The molecule has 0 spiro atoms. The minimum Gasteiger partial charge on any atom is -0.351 e. The van der Waals surface area contributed by atoms with Gasteiger partial charge in [-0.05, 0) is 31.7 Å². The Morgan fingerprint density at radius 3 is 2.75 bits per heavy atom. The van der Waals surface area contributed by atoms with Crippen LogP contribution in [0, 0.1) is 13.8 Å². The molecule has 1 aromatic rings. The lowest BCUT2D eigenvalue weighted by Crippen LogP contribution is -2.09. The predicted octanol–water partition coefficient (Wildman–Crippen LogP) is 2.28. The van der Waals surface area contributed by atoms with Crippen LogP contribution in [0.25, 0.3) is 0 Å². The number of hydrogen-bond donors (Lipinski definition) is 0. The number of aryl methyl sites for hydroxylation is 2. The largest absolute Gasteiger partial charge is 0.351 e. The number of pyridine rings is 1. The minimum atomic E-state index is 1.03. The van der Waals surface area contributed by atoms with E-state index in [1.54, 1.807) is 6.20 Å². The summed E-state index contributed by atoms with van der Waals surface area (Å²) in [6.45, 7) is 7.74. The van der Waals surface area contributed by atoms with Crippen molar-refractivity contribution in [3.8, 4) is 0 Å². The molecule has 0 aliphatic rings. The third-order valence-corrected chi connectivity index (χ3v) is 1.87. The summed E-state index contributed by atoms with van der Waals surface area (Å²) in [4.78, 5) is 6.19. The number of hydrogen-bond acceptors (Lipinski definition) is 2. The molecule has 0 aliphatic carbocycles.